The zero-order valence-corrected chi connectivity index (χ0v) is 10.3. The predicted molar refractivity (Wildman–Crippen MR) is 68.9 cm³/mol. The Morgan fingerprint density at radius 3 is 2.94 bits per heavy atom. The van der Waals surface area contributed by atoms with Gasteiger partial charge in [-0.1, -0.05) is 17.7 Å². The van der Waals surface area contributed by atoms with Crippen molar-refractivity contribution in [3.8, 4) is 0 Å². The van der Waals surface area contributed by atoms with Crippen LogP contribution in [0.1, 0.15) is 30.4 Å². The van der Waals surface area contributed by atoms with Crippen molar-refractivity contribution >= 4 is 23.1 Å². The van der Waals surface area contributed by atoms with Crippen LogP contribution in [0.25, 0.3) is 5.57 Å². The number of carbonyl (C=O) groups is 1. The first kappa shape index (κ1) is 10.8. The average molecular weight is 248 g/mol. The third kappa shape index (κ3) is 2.37. The lowest BCUT2D eigenvalue weighted by atomic mass is 10.1. The molecule has 0 bridgehead atoms. The number of halogens is 1. The van der Waals surface area contributed by atoms with Gasteiger partial charge in [-0.15, -0.1) is 0 Å². The molecule has 0 saturated heterocycles. The number of rotatable bonds is 2. The largest absolute Gasteiger partial charge is 0.350 e. The van der Waals surface area contributed by atoms with Crippen molar-refractivity contribution in [3.63, 3.8) is 0 Å². The zero-order chi connectivity index (χ0) is 11.8. The van der Waals surface area contributed by atoms with Crippen LogP contribution >= 0.6 is 11.6 Å². The van der Waals surface area contributed by atoms with E-state index in [1.54, 1.807) is 6.08 Å². The van der Waals surface area contributed by atoms with E-state index in [4.69, 9.17) is 11.6 Å². The van der Waals surface area contributed by atoms with Gasteiger partial charge in [0.2, 0.25) is 5.91 Å². The second kappa shape index (κ2) is 4.19. The maximum absolute atomic E-state index is 11.7. The second-order valence-electron chi connectivity index (χ2n) is 4.75. The first-order valence-corrected chi connectivity index (χ1v) is 6.40. The summed E-state index contributed by atoms with van der Waals surface area (Å²) < 4.78 is 0. The molecular weight excluding hydrogens is 234 g/mol. The number of nitrogens with one attached hydrogen (secondary N) is 1. The third-order valence-corrected chi connectivity index (χ3v) is 3.55. The van der Waals surface area contributed by atoms with E-state index in [0.717, 1.165) is 41.8 Å². The summed E-state index contributed by atoms with van der Waals surface area (Å²) in [6.45, 7) is 0. The lowest BCUT2D eigenvalue weighted by molar-refractivity contribution is -0.116. The van der Waals surface area contributed by atoms with Gasteiger partial charge < -0.3 is 5.32 Å². The van der Waals surface area contributed by atoms with E-state index in [9.17, 15) is 4.79 Å². The minimum absolute atomic E-state index is 0.0373. The molecule has 0 aliphatic heterocycles. The number of fused-ring (bicyclic) bond motifs is 1. The van der Waals surface area contributed by atoms with Gasteiger partial charge in [0.15, 0.2) is 0 Å². The summed E-state index contributed by atoms with van der Waals surface area (Å²) >= 11 is 5.99. The van der Waals surface area contributed by atoms with Crippen LogP contribution in [-0.2, 0) is 11.2 Å². The monoisotopic (exact) mass is 247 g/mol. The summed E-state index contributed by atoms with van der Waals surface area (Å²) in [5.74, 6) is 0.0373. The molecule has 88 valence electrons. The molecule has 1 amide bonds. The molecule has 0 radical (unpaired) electrons. The standard InChI is InChI=1S/C14H14ClNO/c15-11-4-3-9-1-2-10(13(9)8-11)7-14(17)16-12-5-6-12/h3-4,7-8,12H,1-2,5-6H2,(H,16,17). The van der Waals surface area contributed by atoms with Crippen molar-refractivity contribution in [2.75, 3.05) is 0 Å². The Balaban J connectivity index is 1.83. The molecule has 0 heterocycles. The Morgan fingerprint density at radius 2 is 2.18 bits per heavy atom. The van der Waals surface area contributed by atoms with Crippen LogP contribution in [0.5, 0.6) is 0 Å². The molecule has 1 aromatic rings. The summed E-state index contributed by atoms with van der Waals surface area (Å²) in [6, 6.07) is 6.34. The number of amides is 1. The molecule has 0 unspecified atom stereocenters. The molecule has 1 saturated carbocycles. The molecule has 2 nitrogen and oxygen atoms in total. The predicted octanol–water partition coefficient (Wildman–Crippen LogP) is 2.95. The average Bonchev–Trinajstić information content (AvgIpc) is 3.01. The molecule has 17 heavy (non-hydrogen) atoms. The summed E-state index contributed by atoms with van der Waals surface area (Å²) in [7, 11) is 0. The smallest absolute Gasteiger partial charge is 0.244 e. The van der Waals surface area contributed by atoms with Crippen molar-refractivity contribution in [2.45, 2.75) is 31.7 Å². The van der Waals surface area contributed by atoms with Gasteiger partial charge in [0.05, 0.1) is 0 Å². The maximum Gasteiger partial charge on any atom is 0.244 e. The van der Waals surface area contributed by atoms with Crippen LogP contribution in [0, 0.1) is 0 Å². The first-order valence-electron chi connectivity index (χ1n) is 6.02. The third-order valence-electron chi connectivity index (χ3n) is 3.31. The number of allylic oxidation sites excluding steroid dienone is 1. The van der Waals surface area contributed by atoms with Crippen LogP contribution in [0.15, 0.2) is 24.3 Å². The topological polar surface area (TPSA) is 29.1 Å². The van der Waals surface area contributed by atoms with E-state index in [-0.39, 0.29) is 5.91 Å². The summed E-state index contributed by atoms with van der Waals surface area (Å²) in [4.78, 5) is 11.7. The van der Waals surface area contributed by atoms with Crippen LogP contribution < -0.4 is 5.32 Å². The Labute approximate surface area is 106 Å². The van der Waals surface area contributed by atoms with Crippen molar-refractivity contribution < 1.29 is 4.79 Å². The van der Waals surface area contributed by atoms with E-state index in [1.807, 2.05) is 12.1 Å². The molecule has 3 rings (SSSR count). The summed E-state index contributed by atoms with van der Waals surface area (Å²) in [5.41, 5.74) is 3.55. The normalized spacial score (nSPS) is 20.4. The Hall–Kier alpha value is -1.28. The van der Waals surface area contributed by atoms with E-state index in [1.165, 1.54) is 5.56 Å². The van der Waals surface area contributed by atoms with Gasteiger partial charge in [0, 0.05) is 17.1 Å². The Bertz CT molecular complexity index is 503. The van der Waals surface area contributed by atoms with Crippen LogP contribution in [0.3, 0.4) is 0 Å². The number of benzene rings is 1. The Morgan fingerprint density at radius 1 is 1.35 bits per heavy atom. The lowest BCUT2D eigenvalue weighted by Crippen LogP contribution is -2.23. The highest BCUT2D eigenvalue weighted by atomic mass is 35.5. The van der Waals surface area contributed by atoms with Gasteiger partial charge in [0.25, 0.3) is 0 Å². The lowest BCUT2D eigenvalue weighted by Gasteiger charge is -2.03. The number of hydrogen-bond acceptors (Lipinski definition) is 1. The molecule has 0 aromatic heterocycles. The molecule has 1 N–H and O–H groups in total. The van der Waals surface area contributed by atoms with E-state index < -0.39 is 0 Å². The van der Waals surface area contributed by atoms with Crippen molar-refractivity contribution in [1.82, 2.24) is 5.32 Å². The molecule has 0 atom stereocenters. The van der Waals surface area contributed by atoms with Gasteiger partial charge in [-0.25, -0.2) is 0 Å². The minimum Gasteiger partial charge on any atom is -0.350 e. The molecule has 3 heteroatoms. The highest BCUT2D eigenvalue weighted by Gasteiger charge is 2.23. The number of hydrogen-bond donors (Lipinski definition) is 1. The van der Waals surface area contributed by atoms with Gasteiger partial charge in [-0.05, 0) is 54.5 Å². The summed E-state index contributed by atoms with van der Waals surface area (Å²) in [6.07, 6.45) is 5.93. The first-order chi connectivity index (χ1) is 8.22. The molecule has 2 aliphatic rings. The fourth-order valence-electron chi connectivity index (χ4n) is 2.25. The van der Waals surface area contributed by atoms with E-state index >= 15 is 0 Å². The van der Waals surface area contributed by atoms with Crippen molar-refractivity contribution in [1.29, 1.82) is 0 Å². The SMILES string of the molecule is O=C(C=C1CCc2ccc(Cl)cc21)NC1CC1. The maximum atomic E-state index is 11.7. The Kier molecular flexibility index (Phi) is 2.67. The van der Waals surface area contributed by atoms with Crippen LogP contribution in [0.4, 0.5) is 0 Å². The van der Waals surface area contributed by atoms with Gasteiger partial charge in [0.1, 0.15) is 0 Å². The van der Waals surface area contributed by atoms with Gasteiger partial charge in [-0.2, -0.15) is 0 Å². The van der Waals surface area contributed by atoms with E-state index in [0.29, 0.717) is 6.04 Å². The molecule has 1 aromatic carbocycles. The molecule has 0 spiro atoms. The number of carbonyl (C=O) groups excluding carboxylic acids is 1. The van der Waals surface area contributed by atoms with Gasteiger partial charge >= 0.3 is 0 Å². The molecular formula is C14H14ClNO. The zero-order valence-electron chi connectivity index (χ0n) is 9.50. The highest BCUT2D eigenvalue weighted by Crippen LogP contribution is 2.33. The highest BCUT2D eigenvalue weighted by molar-refractivity contribution is 6.30. The quantitative estimate of drug-likeness (QED) is 0.800. The molecule has 1 fully saturated rings. The van der Waals surface area contributed by atoms with Crippen molar-refractivity contribution in [2.24, 2.45) is 0 Å². The number of aryl methyl sites for hydroxylation is 1. The van der Waals surface area contributed by atoms with E-state index in [2.05, 4.69) is 11.4 Å². The van der Waals surface area contributed by atoms with Crippen LogP contribution in [-0.4, -0.2) is 11.9 Å². The van der Waals surface area contributed by atoms with Gasteiger partial charge in [-0.3, -0.25) is 4.79 Å². The summed E-state index contributed by atoms with van der Waals surface area (Å²) in [5, 5.41) is 3.71. The van der Waals surface area contributed by atoms with Crippen LogP contribution in [0.2, 0.25) is 5.02 Å². The second-order valence-corrected chi connectivity index (χ2v) is 5.19. The van der Waals surface area contributed by atoms with Crippen molar-refractivity contribution in [3.05, 3.63) is 40.4 Å². The fraction of sp³-hybridized carbons (Fsp3) is 0.357. The fourth-order valence-corrected chi connectivity index (χ4v) is 2.42. The molecule has 2 aliphatic carbocycles. The minimum atomic E-state index is 0.0373.